The molecular formula is C13H22N2O2S. The minimum absolute atomic E-state index is 0.379. The van der Waals surface area contributed by atoms with E-state index in [9.17, 15) is 8.42 Å². The minimum atomic E-state index is -3.33. The van der Waals surface area contributed by atoms with Crippen molar-refractivity contribution < 1.29 is 8.42 Å². The first-order chi connectivity index (χ1) is 8.36. The van der Waals surface area contributed by atoms with Crippen molar-refractivity contribution in [3.63, 3.8) is 0 Å². The van der Waals surface area contributed by atoms with E-state index >= 15 is 0 Å². The summed E-state index contributed by atoms with van der Waals surface area (Å²) in [5.74, 6) is 0.379. The van der Waals surface area contributed by atoms with Crippen LogP contribution in [-0.4, -0.2) is 27.3 Å². The van der Waals surface area contributed by atoms with Gasteiger partial charge in [-0.2, -0.15) is 0 Å². The van der Waals surface area contributed by atoms with E-state index in [1.54, 1.807) is 20.0 Å². The predicted molar refractivity (Wildman–Crippen MR) is 76.5 cm³/mol. The lowest BCUT2D eigenvalue weighted by molar-refractivity contribution is 0.584. The van der Waals surface area contributed by atoms with Gasteiger partial charge in [0, 0.05) is 12.2 Å². The van der Waals surface area contributed by atoms with Crippen LogP contribution >= 0.6 is 0 Å². The maximum absolute atomic E-state index is 12.0. The van der Waals surface area contributed by atoms with Crippen LogP contribution in [0.5, 0.6) is 0 Å². The summed E-state index contributed by atoms with van der Waals surface area (Å²) < 4.78 is 26.7. The van der Waals surface area contributed by atoms with Crippen molar-refractivity contribution in [1.82, 2.24) is 5.32 Å². The van der Waals surface area contributed by atoms with Gasteiger partial charge in [-0.05, 0) is 37.6 Å². The van der Waals surface area contributed by atoms with Crippen molar-refractivity contribution in [2.75, 3.05) is 18.3 Å². The zero-order chi connectivity index (χ0) is 13.8. The third-order valence-corrected chi connectivity index (χ3v) is 4.58. The van der Waals surface area contributed by atoms with Gasteiger partial charge in [-0.1, -0.05) is 26.0 Å². The van der Waals surface area contributed by atoms with E-state index in [-0.39, 0.29) is 0 Å². The van der Waals surface area contributed by atoms with Crippen molar-refractivity contribution >= 4 is 15.7 Å². The monoisotopic (exact) mass is 270 g/mol. The average molecular weight is 270 g/mol. The molecule has 4 nitrogen and oxygen atoms in total. The van der Waals surface area contributed by atoms with Crippen LogP contribution < -0.4 is 10.0 Å². The molecule has 0 aliphatic heterocycles. The maximum atomic E-state index is 12.0. The second-order valence-electron chi connectivity index (χ2n) is 4.80. The Morgan fingerprint density at radius 2 is 1.89 bits per heavy atom. The summed E-state index contributed by atoms with van der Waals surface area (Å²) in [6, 6.07) is 7.53. The highest BCUT2D eigenvalue weighted by Crippen LogP contribution is 2.20. The third kappa shape index (κ3) is 3.99. The van der Waals surface area contributed by atoms with E-state index in [0.29, 0.717) is 18.2 Å². The molecule has 18 heavy (non-hydrogen) atoms. The van der Waals surface area contributed by atoms with Crippen LogP contribution in [0, 0.1) is 0 Å². The van der Waals surface area contributed by atoms with E-state index in [1.165, 1.54) is 0 Å². The van der Waals surface area contributed by atoms with Gasteiger partial charge in [0.25, 0.3) is 0 Å². The molecule has 0 saturated heterocycles. The van der Waals surface area contributed by atoms with Gasteiger partial charge in [-0.3, -0.25) is 4.72 Å². The fraction of sp³-hybridized carbons (Fsp3) is 0.538. The lowest BCUT2D eigenvalue weighted by Gasteiger charge is -2.15. The van der Waals surface area contributed by atoms with Crippen LogP contribution in [0.25, 0.3) is 0 Å². The van der Waals surface area contributed by atoms with Gasteiger partial charge in [0.15, 0.2) is 0 Å². The number of sulfonamides is 1. The second kappa shape index (κ2) is 6.20. The smallest absolute Gasteiger partial charge is 0.236 e. The molecule has 1 unspecified atom stereocenters. The summed E-state index contributed by atoms with van der Waals surface area (Å²) in [4.78, 5) is 0. The molecule has 0 aliphatic carbocycles. The Hall–Kier alpha value is -1.07. The molecule has 0 heterocycles. The molecule has 1 rings (SSSR count). The Bertz CT molecular complexity index is 484. The molecule has 0 spiro atoms. The molecule has 1 atom stereocenters. The van der Waals surface area contributed by atoms with E-state index in [0.717, 1.165) is 5.56 Å². The van der Waals surface area contributed by atoms with Crippen LogP contribution in [0.2, 0.25) is 0 Å². The number of hydrogen-bond donors (Lipinski definition) is 2. The summed E-state index contributed by atoms with van der Waals surface area (Å²) >= 11 is 0. The zero-order valence-electron chi connectivity index (χ0n) is 11.4. The van der Waals surface area contributed by atoms with Gasteiger partial charge in [-0.15, -0.1) is 0 Å². The van der Waals surface area contributed by atoms with E-state index in [4.69, 9.17) is 0 Å². The van der Waals surface area contributed by atoms with Crippen LogP contribution in [-0.2, 0) is 10.0 Å². The van der Waals surface area contributed by atoms with Crippen molar-refractivity contribution in [2.24, 2.45) is 0 Å². The fourth-order valence-corrected chi connectivity index (χ4v) is 2.67. The normalized spacial score (nSPS) is 13.6. The molecule has 0 radical (unpaired) electrons. The predicted octanol–water partition coefficient (Wildman–Crippen LogP) is 2.16. The number of benzene rings is 1. The van der Waals surface area contributed by atoms with Crippen molar-refractivity contribution in [3.8, 4) is 0 Å². The average Bonchev–Trinajstić information content (AvgIpc) is 2.29. The number of nitrogens with one attached hydrogen (secondary N) is 2. The Morgan fingerprint density at radius 3 is 2.44 bits per heavy atom. The van der Waals surface area contributed by atoms with Crippen LogP contribution in [0.1, 0.15) is 32.3 Å². The molecule has 0 aromatic heterocycles. The van der Waals surface area contributed by atoms with Gasteiger partial charge in [0.2, 0.25) is 10.0 Å². The summed E-state index contributed by atoms with van der Waals surface area (Å²) in [7, 11) is -1.59. The topological polar surface area (TPSA) is 58.2 Å². The standard InChI is InChI=1S/C13H22N2O2S/c1-10(2)12-6-5-7-13(8-12)15-18(16,17)11(3)9-14-4/h5-8,10-11,14-15H,9H2,1-4H3. The Morgan fingerprint density at radius 1 is 1.22 bits per heavy atom. The van der Waals surface area contributed by atoms with Gasteiger partial charge >= 0.3 is 0 Å². The Labute approximate surface area is 110 Å². The van der Waals surface area contributed by atoms with Crippen LogP contribution in [0.15, 0.2) is 24.3 Å². The van der Waals surface area contributed by atoms with Gasteiger partial charge in [0.1, 0.15) is 0 Å². The number of rotatable bonds is 6. The molecule has 1 aromatic carbocycles. The number of anilines is 1. The first-order valence-electron chi connectivity index (χ1n) is 6.13. The highest BCUT2D eigenvalue weighted by Gasteiger charge is 2.19. The quantitative estimate of drug-likeness (QED) is 0.833. The van der Waals surface area contributed by atoms with E-state index in [2.05, 4.69) is 23.9 Å². The molecule has 0 fully saturated rings. The zero-order valence-corrected chi connectivity index (χ0v) is 12.2. The Kier molecular flexibility index (Phi) is 5.16. The van der Waals surface area contributed by atoms with Crippen molar-refractivity contribution in [2.45, 2.75) is 31.9 Å². The molecule has 5 heteroatoms. The summed E-state index contributed by atoms with van der Waals surface area (Å²) in [5.41, 5.74) is 1.75. The second-order valence-corrected chi connectivity index (χ2v) is 6.89. The molecular weight excluding hydrogens is 248 g/mol. The highest BCUT2D eigenvalue weighted by molar-refractivity contribution is 7.93. The summed E-state index contributed by atoms with van der Waals surface area (Å²) in [6.45, 7) is 6.28. The molecule has 0 amide bonds. The molecule has 2 N–H and O–H groups in total. The maximum Gasteiger partial charge on any atom is 0.236 e. The molecule has 0 aliphatic rings. The highest BCUT2D eigenvalue weighted by atomic mass is 32.2. The molecule has 1 aromatic rings. The first-order valence-corrected chi connectivity index (χ1v) is 7.67. The van der Waals surface area contributed by atoms with E-state index in [1.807, 2.05) is 18.2 Å². The Balaban J connectivity index is 2.87. The molecule has 0 bridgehead atoms. The lowest BCUT2D eigenvalue weighted by atomic mass is 10.0. The molecule has 0 saturated carbocycles. The third-order valence-electron chi connectivity index (χ3n) is 2.83. The lowest BCUT2D eigenvalue weighted by Crippen LogP contribution is -2.33. The van der Waals surface area contributed by atoms with Crippen molar-refractivity contribution in [3.05, 3.63) is 29.8 Å². The fourth-order valence-electron chi connectivity index (χ4n) is 1.62. The summed E-state index contributed by atoms with van der Waals surface area (Å²) in [6.07, 6.45) is 0. The van der Waals surface area contributed by atoms with Gasteiger partial charge in [-0.25, -0.2) is 8.42 Å². The van der Waals surface area contributed by atoms with Crippen molar-refractivity contribution in [1.29, 1.82) is 0 Å². The SMILES string of the molecule is CNCC(C)S(=O)(=O)Nc1cccc(C(C)C)c1. The van der Waals surface area contributed by atoms with Gasteiger partial charge in [0.05, 0.1) is 5.25 Å². The van der Waals surface area contributed by atoms with E-state index < -0.39 is 15.3 Å². The molecule has 102 valence electrons. The van der Waals surface area contributed by atoms with Crippen LogP contribution in [0.3, 0.4) is 0 Å². The first kappa shape index (κ1) is 15.0. The largest absolute Gasteiger partial charge is 0.318 e. The number of hydrogen-bond acceptors (Lipinski definition) is 3. The summed E-state index contributed by atoms with van der Waals surface area (Å²) in [5, 5.41) is 2.40. The minimum Gasteiger partial charge on any atom is -0.318 e. The van der Waals surface area contributed by atoms with Gasteiger partial charge < -0.3 is 5.32 Å². The van der Waals surface area contributed by atoms with Crippen LogP contribution in [0.4, 0.5) is 5.69 Å².